The molecule has 1 saturated heterocycles. The average molecular weight is 591 g/mol. The van der Waals surface area contributed by atoms with Gasteiger partial charge < -0.3 is 28.7 Å². The second-order valence-electron chi connectivity index (χ2n) is 10.9. The van der Waals surface area contributed by atoms with Crippen LogP contribution in [0.4, 0.5) is 0 Å². The zero-order valence-corrected chi connectivity index (χ0v) is 24.9. The number of hydrogen-bond donors (Lipinski definition) is 1. The summed E-state index contributed by atoms with van der Waals surface area (Å²) in [7, 11) is 3.26. The SMILES string of the molecule is CCC(c1nnnn1CC1CCCO1)N(CCc1ccc(OC)c(OC)c1)Cc1cc2cc3c(cc2[nH]c1=O)OCCO3. The Bertz CT molecular complexity index is 1610. The van der Waals surface area contributed by atoms with Crippen molar-refractivity contribution in [3.05, 3.63) is 63.7 Å². The standard InChI is InChI=1S/C31H38N6O6/c1-4-25(30-33-34-35-37(30)19-23-6-5-11-41-23)36(10-9-20-7-8-26(39-2)27(14-20)40-3)18-22-15-21-16-28-29(43-13-12-42-28)17-24(21)32-31(22)38/h7-8,14-17,23,25H,4-6,9-13,18-19H2,1-3H3,(H,32,38). The summed E-state index contributed by atoms with van der Waals surface area (Å²) in [5.74, 6) is 3.45. The normalized spacial score (nSPS) is 17.0. The van der Waals surface area contributed by atoms with E-state index >= 15 is 0 Å². The Morgan fingerprint density at radius 1 is 1.07 bits per heavy atom. The summed E-state index contributed by atoms with van der Waals surface area (Å²) in [6.07, 6.45) is 3.60. The number of methoxy groups -OCH3 is 2. The van der Waals surface area contributed by atoms with Crippen LogP contribution in [0.15, 0.2) is 41.2 Å². The lowest BCUT2D eigenvalue weighted by Gasteiger charge is -2.30. The quantitative estimate of drug-likeness (QED) is 0.261. The van der Waals surface area contributed by atoms with Crippen molar-refractivity contribution in [3.8, 4) is 23.0 Å². The summed E-state index contributed by atoms with van der Waals surface area (Å²) in [5.41, 5.74) is 2.30. The van der Waals surface area contributed by atoms with E-state index in [1.807, 2.05) is 41.1 Å². The van der Waals surface area contributed by atoms with Crippen molar-refractivity contribution in [1.82, 2.24) is 30.1 Å². The maximum atomic E-state index is 13.4. The Morgan fingerprint density at radius 3 is 2.63 bits per heavy atom. The van der Waals surface area contributed by atoms with Crippen molar-refractivity contribution in [2.45, 2.75) is 57.8 Å². The Balaban J connectivity index is 1.32. The van der Waals surface area contributed by atoms with Gasteiger partial charge in [0.25, 0.3) is 5.56 Å². The van der Waals surface area contributed by atoms with E-state index in [1.54, 1.807) is 14.2 Å². The fourth-order valence-electron chi connectivity index (χ4n) is 5.94. The number of H-pyrrole nitrogens is 1. The zero-order chi connectivity index (χ0) is 29.8. The lowest BCUT2D eigenvalue weighted by Crippen LogP contribution is -2.34. The molecule has 12 heteroatoms. The lowest BCUT2D eigenvalue weighted by molar-refractivity contribution is 0.0893. The molecule has 2 aromatic carbocycles. The first kappa shape index (κ1) is 28.9. The smallest absolute Gasteiger partial charge is 0.252 e. The largest absolute Gasteiger partial charge is 0.493 e. The summed E-state index contributed by atoms with van der Waals surface area (Å²) >= 11 is 0. The number of tetrazole rings is 1. The van der Waals surface area contributed by atoms with Gasteiger partial charge in [0.15, 0.2) is 28.8 Å². The van der Waals surface area contributed by atoms with Crippen molar-refractivity contribution >= 4 is 10.9 Å². The van der Waals surface area contributed by atoms with Gasteiger partial charge in [-0.05, 0) is 65.9 Å². The molecule has 0 radical (unpaired) electrons. The number of nitrogens with zero attached hydrogens (tertiary/aromatic N) is 5. The molecule has 6 rings (SSSR count). The minimum Gasteiger partial charge on any atom is -0.493 e. The fourth-order valence-corrected chi connectivity index (χ4v) is 5.94. The molecule has 2 aromatic heterocycles. The van der Waals surface area contributed by atoms with Crippen molar-refractivity contribution in [3.63, 3.8) is 0 Å². The molecule has 0 amide bonds. The minimum atomic E-state index is -0.144. The topological polar surface area (TPSA) is 126 Å². The van der Waals surface area contributed by atoms with Crippen molar-refractivity contribution in [1.29, 1.82) is 0 Å². The second kappa shape index (κ2) is 13.0. The number of benzene rings is 2. The predicted molar refractivity (Wildman–Crippen MR) is 159 cm³/mol. The van der Waals surface area contributed by atoms with Gasteiger partial charge in [0.1, 0.15) is 13.2 Å². The Morgan fingerprint density at radius 2 is 1.88 bits per heavy atom. The fraction of sp³-hybridized carbons (Fsp3) is 0.484. The van der Waals surface area contributed by atoms with Gasteiger partial charge in [-0.15, -0.1) is 5.10 Å². The first-order chi connectivity index (χ1) is 21.1. The van der Waals surface area contributed by atoms with E-state index in [4.69, 9.17) is 23.7 Å². The molecule has 2 aliphatic rings. The number of nitrogens with one attached hydrogen (secondary N) is 1. The lowest BCUT2D eigenvalue weighted by atomic mass is 10.1. The van der Waals surface area contributed by atoms with Crippen molar-refractivity contribution in [2.75, 3.05) is 40.6 Å². The second-order valence-corrected chi connectivity index (χ2v) is 10.9. The highest BCUT2D eigenvalue weighted by molar-refractivity contribution is 5.83. The van der Waals surface area contributed by atoms with Crippen LogP contribution in [-0.2, 0) is 24.2 Å². The highest BCUT2D eigenvalue weighted by atomic mass is 16.6. The van der Waals surface area contributed by atoms with Crippen LogP contribution in [0.25, 0.3) is 10.9 Å². The van der Waals surface area contributed by atoms with Crippen LogP contribution in [0.1, 0.15) is 49.2 Å². The minimum absolute atomic E-state index is 0.0976. The van der Waals surface area contributed by atoms with Crippen molar-refractivity contribution < 1.29 is 23.7 Å². The van der Waals surface area contributed by atoms with Gasteiger partial charge in [0.05, 0.1) is 38.4 Å². The first-order valence-corrected chi connectivity index (χ1v) is 14.8. The maximum Gasteiger partial charge on any atom is 0.252 e. The van der Waals surface area contributed by atoms with E-state index in [0.29, 0.717) is 73.3 Å². The Hall–Kier alpha value is -4.16. The van der Waals surface area contributed by atoms with E-state index in [9.17, 15) is 4.79 Å². The number of fused-ring (bicyclic) bond motifs is 2. The summed E-state index contributed by atoms with van der Waals surface area (Å²) in [6, 6.07) is 11.5. The highest BCUT2D eigenvalue weighted by Crippen LogP contribution is 2.34. The molecular weight excluding hydrogens is 552 g/mol. The molecule has 0 saturated carbocycles. The monoisotopic (exact) mass is 590 g/mol. The molecule has 228 valence electrons. The molecule has 1 fully saturated rings. The molecule has 0 bridgehead atoms. The van der Waals surface area contributed by atoms with Crippen LogP contribution in [0.3, 0.4) is 0 Å². The van der Waals surface area contributed by atoms with Gasteiger partial charge in [-0.25, -0.2) is 4.68 Å². The summed E-state index contributed by atoms with van der Waals surface area (Å²) in [5, 5.41) is 13.7. The van der Waals surface area contributed by atoms with Crippen LogP contribution in [0.2, 0.25) is 0 Å². The number of rotatable bonds is 12. The van der Waals surface area contributed by atoms with Crippen LogP contribution >= 0.6 is 0 Å². The molecule has 4 aromatic rings. The molecule has 2 unspecified atom stereocenters. The van der Waals surface area contributed by atoms with E-state index in [-0.39, 0.29) is 17.7 Å². The Labute approximate surface area is 249 Å². The zero-order valence-electron chi connectivity index (χ0n) is 24.9. The van der Waals surface area contributed by atoms with Gasteiger partial charge in [-0.2, -0.15) is 0 Å². The maximum absolute atomic E-state index is 13.4. The highest BCUT2D eigenvalue weighted by Gasteiger charge is 2.28. The third-order valence-electron chi connectivity index (χ3n) is 8.18. The van der Waals surface area contributed by atoms with Gasteiger partial charge in [-0.1, -0.05) is 13.0 Å². The summed E-state index contributed by atoms with van der Waals surface area (Å²) in [4.78, 5) is 18.7. The van der Waals surface area contributed by atoms with Crippen LogP contribution in [0, 0.1) is 0 Å². The number of aromatic amines is 1. The number of aromatic nitrogens is 5. The first-order valence-electron chi connectivity index (χ1n) is 14.8. The van der Waals surface area contributed by atoms with E-state index in [0.717, 1.165) is 42.6 Å². The molecule has 43 heavy (non-hydrogen) atoms. The molecule has 2 aliphatic heterocycles. The van der Waals surface area contributed by atoms with E-state index in [1.165, 1.54) is 0 Å². The molecular formula is C31H38N6O6. The van der Waals surface area contributed by atoms with Gasteiger partial charge in [-0.3, -0.25) is 9.69 Å². The third-order valence-corrected chi connectivity index (χ3v) is 8.18. The molecule has 12 nitrogen and oxygen atoms in total. The molecule has 1 N–H and O–H groups in total. The Kier molecular flexibility index (Phi) is 8.75. The van der Waals surface area contributed by atoms with E-state index < -0.39 is 0 Å². The molecule has 0 spiro atoms. The summed E-state index contributed by atoms with van der Waals surface area (Å²) in [6.45, 7) is 5.52. The van der Waals surface area contributed by atoms with Crippen LogP contribution < -0.4 is 24.5 Å². The van der Waals surface area contributed by atoms with Gasteiger partial charge in [0.2, 0.25) is 0 Å². The molecule has 0 aliphatic carbocycles. The van der Waals surface area contributed by atoms with Gasteiger partial charge in [0, 0.05) is 36.7 Å². The van der Waals surface area contributed by atoms with E-state index in [2.05, 4.69) is 32.3 Å². The van der Waals surface area contributed by atoms with Crippen molar-refractivity contribution in [2.24, 2.45) is 0 Å². The average Bonchev–Trinajstić information content (AvgIpc) is 3.72. The van der Waals surface area contributed by atoms with Crippen LogP contribution in [-0.4, -0.2) is 76.8 Å². The summed E-state index contributed by atoms with van der Waals surface area (Å²) < 4.78 is 30.2. The van der Waals surface area contributed by atoms with Gasteiger partial charge >= 0.3 is 0 Å². The predicted octanol–water partition coefficient (Wildman–Crippen LogP) is 3.68. The molecule has 4 heterocycles. The van der Waals surface area contributed by atoms with Crippen LogP contribution in [0.5, 0.6) is 23.0 Å². The third kappa shape index (κ3) is 6.30. The number of pyridine rings is 1. The number of hydrogen-bond acceptors (Lipinski definition) is 10. The number of ether oxygens (including phenoxy) is 5. The molecule has 2 atom stereocenters.